The smallest absolute Gasteiger partial charge is 0.323 e. The summed E-state index contributed by atoms with van der Waals surface area (Å²) in [6, 6.07) is -0.235. The van der Waals surface area contributed by atoms with Crippen molar-refractivity contribution in [3.8, 4) is 0 Å². The molecule has 0 amide bonds. The van der Waals surface area contributed by atoms with E-state index in [9.17, 15) is 4.79 Å². The Morgan fingerprint density at radius 2 is 1.71 bits per heavy atom. The summed E-state index contributed by atoms with van der Waals surface area (Å²) >= 11 is 0. The predicted molar refractivity (Wildman–Crippen MR) is 66.9 cm³/mol. The van der Waals surface area contributed by atoms with Crippen LogP contribution >= 0.6 is 0 Å². The maximum absolute atomic E-state index is 11.8. The van der Waals surface area contributed by atoms with Crippen molar-refractivity contribution in [2.75, 3.05) is 6.54 Å². The summed E-state index contributed by atoms with van der Waals surface area (Å²) in [5.41, 5.74) is -0.600. The van der Waals surface area contributed by atoms with Gasteiger partial charge >= 0.3 is 5.97 Å². The van der Waals surface area contributed by atoms with Crippen LogP contribution in [0.25, 0.3) is 0 Å². The Balaban J connectivity index is 2.43. The van der Waals surface area contributed by atoms with E-state index in [-0.39, 0.29) is 23.7 Å². The van der Waals surface area contributed by atoms with Gasteiger partial charge in [0.1, 0.15) is 11.6 Å². The van der Waals surface area contributed by atoms with E-state index in [1.807, 2.05) is 41.5 Å². The summed E-state index contributed by atoms with van der Waals surface area (Å²) in [5, 5.41) is 3.15. The number of hydrogen-bond acceptors (Lipinski definition) is 4. The number of ether oxygens (including phenoxy) is 2. The molecule has 0 aromatic rings. The highest BCUT2D eigenvalue weighted by molar-refractivity contribution is 5.76. The molecule has 4 nitrogen and oxygen atoms in total. The van der Waals surface area contributed by atoms with Crippen LogP contribution in [0, 0.1) is 0 Å². The third kappa shape index (κ3) is 5.50. The molecule has 1 saturated heterocycles. The molecule has 100 valence electrons. The van der Waals surface area contributed by atoms with Crippen molar-refractivity contribution >= 4 is 5.97 Å². The Labute approximate surface area is 104 Å². The average molecular weight is 243 g/mol. The van der Waals surface area contributed by atoms with Crippen molar-refractivity contribution < 1.29 is 14.3 Å². The second-order valence-corrected chi connectivity index (χ2v) is 6.58. The van der Waals surface area contributed by atoms with Gasteiger partial charge in [0.2, 0.25) is 0 Å². The largest absolute Gasteiger partial charge is 0.459 e. The molecule has 0 aromatic carbocycles. The maximum atomic E-state index is 11.8. The van der Waals surface area contributed by atoms with Crippen LogP contribution in [0.5, 0.6) is 0 Å². The van der Waals surface area contributed by atoms with Crippen LogP contribution in [0.2, 0.25) is 0 Å². The van der Waals surface area contributed by atoms with Gasteiger partial charge < -0.3 is 14.8 Å². The lowest BCUT2D eigenvalue weighted by Gasteiger charge is -2.24. The van der Waals surface area contributed by atoms with E-state index in [1.165, 1.54) is 0 Å². The molecule has 1 N–H and O–H groups in total. The molecule has 0 aliphatic carbocycles. The molecule has 0 saturated carbocycles. The van der Waals surface area contributed by atoms with E-state index in [0.717, 1.165) is 0 Å². The first-order valence-electron chi connectivity index (χ1n) is 6.21. The standard InChI is InChI=1S/C13H25NO3/c1-12(2,3)16-9-7-10(14-8-9)11(15)17-13(4,5)6/h9-10,14H,7-8H2,1-6H3/t9?,10-/m0/s1. The van der Waals surface area contributed by atoms with Crippen molar-refractivity contribution in [2.24, 2.45) is 0 Å². The Hall–Kier alpha value is -0.610. The average Bonchev–Trinajstić information content (AvgIpc) is 2.45. The van der Waals surface area contributed by atoms with E-state index >= 15 is 0 Å². The second-order valence-electron chi connectivity index (χ2n) is 6.58. The minimum absolute atomic E-state index is 0.0903. The predicted octanol–water partition coefficient (Wildman–Crippen LogP) is 1.87. The summed E-state index contributed by atoms with van der Waals surface area (Å²) in [6.07, 6.45) is 0.777. The molecule has 2 atom stereocenters. The molecule has 1 fully saturated rings. The summed E-state index contributed by atoms with van der Waals surface area (Å²) in [5.74, 6) is -0.183. The van der Waals surface area contributed by atoms with Gasteiger partial charge in [-0.2, -0.15) is 0 Å². The van der Waals surface area contributed by atoms with Crippen LogP contribution < -0.4 is 5.32 Å². The molecule has 0 bridgehead atoms. The number of hydrogen-bond donors (Lipinski definition) is 1. The molecule has 0 radical (unpaired) electrons. The van der Waals surface area contributed by atoms with Gasteiger partial charge in [-0.1, -0.05) is 0 Å². The highest BCUT2D eigenvalue weighted by Gasteiger charge is 2.34. The molecule has 0 spiro atoms. The minimum Gasteiger partial charge on any atom is -0.459 e. The van der Waals surface area contributed by atoms with Gasteiger partial charge in [-0.15, -0.1) is 0 Å². The normalized spacial score (nSPS) is 26.0. The number of rotatable bonds is 2. The van der Waals surface area contributed by atoms with Crippen molar-refractivity contribution in [3.63, 3.8) is 0 Å². The van der Waals surface area contributed by atoms with E-state index in [1.54, 1.807) is 0 Å². The SMILES string of the molecule is CC(C)(C)OC(=O)[C@@H]1CC(OC(C)(C)C)CN1. The molecule has 1 aliphatic rings. The van der Waals surface area contributed by atoms with Crippen LogP contribution in [-0.2, 0) is 14.3 Å². The number of esters is 1. The Bertz CT molecular complexity index is 275. The van der Waals surface area contributed by atoms with Crippen molar-refractivity contribution in [1.29, 1.82) is 0 Å². The lowest BCUT2D eigenvalue weighted by atomic mass is 10.1. The van der Waals surface area contributed by atoms with Gasteiger partial charge in [0.05, 0.1) is 11.7 Å². The lowest BCUT2D eigenvalue weighted by molar-refractivity contribution is -0.157. The molecule has 1 unspecified atom stereocenters. The summed E-state index contributed by atoms with van der Waals surface area (Å²) in [7, 11) is 0. The topological polar surface area (TPSA) is 47.6 Å². The van der Waals surface area contributed by atoms with Gasteiger partial charge in [0.15, 0.2) is 0 Å². The fourth-order valence-electron chi connectivity index (χ4n) is 1.85. The van der Waals surface area contributed by atoms with Crippen LogP contribution in [0.1, 0.15) is 48.0 Å². The molecule has 1 rings (SSSR count). The summed E-state index contributed by atoms with van der Waals surface area (Å²) in [6.45, 7) is 12.4. The molecule has 4 heteroatoms. The van der Waals surface area contributed by atoms with Crippen molar-refractivity contribution in [1.82, 2.24) is 5.32 Å². The van der Waals surface area contributed by atoms with Gasteiger partial charge in [0.25, 0.3) is 0 Å². The fourth-order valence-corrected chi connectivity index (χ4v) is 1.85. The van der Waals surface area contributed by atoms with Crippen LogP contribution in [0.3, 0.4) is 0 Å². The Morgan fingerprint density at radius 3 is 2.18 bits per heavy atom. The van der Waals surface area contributed by atoms with Crippen molar-refractivity contribution in [2.45, 2.75) is 71.3 Å². The first kappa shape index (κ1) is 14.5. The monoisotopic (exact) mass is 243 g/mol. The number of carbonyl (C=O) groups excluding carboxylic acids is 1. The quantitative estimate of drug-likeness (QED) is 0.752. The van der Waals surface area contributed by atoms with E-state index in [4.69, 9.17) is 9.47 Å². The lowest BCUT2D eigenvalue weighted by Crippen LogP contribution is -2.37. The van der Waals surface area contributed by atoms with E-state index in [0.29, 0.717) is 13.0 Å². The van der Waals surface area contributed by atoms with Crippen LogP contribution in [-0.4, -0.2) is 35.9 Å². The molecular formula is C13H25NO3. The van der Waals surface area contributed by atoms with Crippen LogP contribution in [0.4, 0.5) is 0 Å². The summed E-state index contributed by atoms with van der Waals surface area (Å²) in [4.78, 5) is 11.8. The first-order valence-corrected chi connectivity index (χ1v) is 6.21. The Morgan fingerprint density at radius 1 is 1.12 bits per heavy atom. The third-order valence-electron chi connectivity index (χ3n) is 2.30. The second kappa shape index (κ2) is 4.94. The highest BCUT2D eigenvalue weighted by Crippen LogP contribution is 2.20. The maximum Gasteiger partial charge on any atom is 0.323 e. The molecular weight excluding hydrogens is 218 g/mol. The van der Waals surface area contributed by atoms with Gasteiger partial charge in [-0.25, -0.2) is 0 Å². The third-order valence-corrected chi connectivity index (χ3v) is 2.30. The molecule has 17 heavy (non-hydrogen) atoms. The zero-order chi connectivity index (χ0) is 13.3. The molecule has 0 aromatic heterocycles. The summed E-state index contributed by atoms with van der Waals surface area (Å²) < 4.78 is 11.2. The van der Waals surface area contributed by atoms with E-state index in [2.05, 4.69) is 5.32 Å². The van der Waals surface area contributed by atoms with Gasteiger partial charge in [0, 0.05) is 13.0 Å². The highest BCUT2D eigenvalue weighted by atomic mass is 16.6. The Kier molecular flexibility index (Phi) is 4.20. The van der Waals surface area contributed by atoms with E-state index < -0.39 is 5.60 Å². The van der Waals surface area contributed by atoms with Gasteiger partial charge in [-0.05, 0) is 41.5 Å². The van der Waals surface area contributed by atoms with Gasteiger partial charge in [-0.3, -0.25) is 4.79 Å². The zero-order valence-electron chi connectivity index (χ0n) is 11.8. The molecule has 1 heterocycles. The zero-order valence-corrected chi connectivity index (χ0v) is 11.8. The van der Waals surface area contributed by atoms with Crippen molar-refractivity contribution in [3.05, 3.63) is 0 Å². The molecule has 1 aliphatic heterocycles. The number of nitrogens with one attached hydrogen (secondary N) is 1. The fraction of sp³-hybridized carbons (Fsp3) is 0.923. The van der Waals surface area contributed by atoms with Crippen LogP contribution in [0.15, 0.2) is 0 Å². The number of carbonyl (C=O) groups is 1. The minimum atomic E-state index is -0.429. The first-order chi connectivity index (χ1) is 7.57.